The predicted octanol–water partition coefficient (Wildman–Crippen LogP) is 5.15. The molecule has 31 heavy (non-hydrogen) atoms. The van der Waals surface area contributed by atoms with Crippen LogP contribution in [0, 0.1) is 11.3 Å². The van der Waals surface area contributed by atoms with Crippen molar-refractivity contribution in [1.29, 1.82) is 5.26 Å². The van der Waals surface area contributed by atoms with Crippen LogP contribution < -0.4 is 15.4 Å². The fraction of sp³-hybridized carbons (Fsp3) is 0.0417. The van der Waals surface area contributed by atoms with Gasteiger partial charge in [0, 0.05) is 11.4 Å². The van der Waals surface area contributed by atoms with Crippen molar-refractivity contribution in [3.63, 3.8) is 0 Å². The lowest BCUT2D eigenvalue weighted by Crippen LogP contribution is -2.13. The van der Waals surface area contributed by atoms with Crippen LogP contribution in [0.2, 0.25) is 5.02 Å². The van der Waals surface area contributed by atoms with Crippen molar-refractivity contribution in [1.82, 2.24) is 0 Å². The highest BCUT2D eigenvalue weighted by atomic mass is 35.5. The van der Waals surface area contributed by atoms with Crippen LogP contribution in [0.15, 0.2) is 78.4 Å². The SMILES string of the molecule is COc1ccc(NC(=O)/C(C#N)=C/c2cccc(NC(=O)c3ccccc3Cl)c2)cc1. The summed E-state index contributed by atoms with van der Waals surface area (Å²) in [6.45, 7) is 0. The molecule has 0 heterocycles. The smallest absolute Gasteiger partial charge is 0.266 e. The Balaban J connectivity index is 1.75. The largest absolute Gasteiger partial charge is 0.497 e. The van der Waals surface area contributed by atoms with E-state index in [4.69, 9.17) is 16.3 Å². The summed E-state index contributed by atoms with van der Waals surface area (Å²) in [7, 11) is 1.55. The molecule has 0 saturated heterocycles. The molecule has 0 aliphatic rings. The number of hydrogen-bond donors (Lipinski definition) is 2. The summed E-state index contributed by atoms with van der Waals surface area (Å²) in [6.07, 6.45) is 1.45. The molecule has 3 rings (SSSR count). The Morgan fingerprint density at radius 1 is 0.968 bits per heavy atom. The van der Waals surface area contributed by atoms with Crippen LogP contribution in [0.1, 0.15) is 15.9 Å². The van der Waals surface area contributed by atoms with E-state index in [9.17, 15) is 14.9 Å². The lowest BCUT2D eigenvalue weighted by molar-refractivity contribution is -0.112. The van der Waals surface area contributed by atoms with Crippen LogP contribution in [0.5, 0.6) is 5.75 Å². The molecule has 0 spiro atoms. The average molecular weight is 432 g/mol. The minimum Gasteiger partial charge on any atom is -0.497 e. The van der Waals surface area contributed by atoms with Gasteiger partial charge in [-0.25, -0.2) is 0 Å². The number of halogens is 1. The topological polar surface area (TPSA) is 91.2 Å². The lowest BCUT2D eigenvalue weighted by Gasteiger charge is -2.08. The third-order valence-corrected chi connectivity index (χ3v) is 4.62. The van der Waals surface area contributed by atoms with Crippen molar-refractivity contribution in [3.8, 4) is 11.8 Å². The van der Waals surface area contributed by atoms with E-state index in [2.05, 4.69) is 10.6 Å². The summed E-state index contributed by atoms with van der Waals surface area (Å²) in [5.74, 6) is -0.243. The first-order valence-corrected chi connectivity index (χ1v) is 9.61. The van der Waals surface area contributed by atoms with E-state index in [1.807, 2.05) is 6.07 Å². The van der Waals surface area contributed by atoms with E-state index in [1.165, 1.54) is 6.08 Å². The molecule has 0 aliphatic carbocycles. The lowest BCUT2D eigenvalue weighted by atomic mass is 10.1. The van der Waals surface area contributed by atoms with Crippen LogP contribution in [0.3, 0.4) is 0 Å². The van der Waals surface area contributed by atoms with Gasteiger partial charge in [0.15, 0.2) is 0 Å². The highest BCUT2D eigenvalue weighted by molar-refractivity contribution is 6.34. The van der Waals surface area contributed by atoms with Gasteiger partial charge in [-0.3, -0.25) is 9.59 Å². The van der Waals surface area contributed by atoms with E-state index in [-0.39, 0.29) is 11.5 Å². The fourth-order valence-electron chi connectivity index (χ4n) is 2.74. The van der Waals surface area contributed by atoms with Crippen molar-refractivity contribution >= 4 is 40.9 Å². The van der Waals surface area contributed by atoms with E-state index in [1.54, 1.807) is 79.9 Å². The monoisotopic (exact) mass is 431 g/mol. The van der Waals surface area contributed by atoms with Crippen LogP contribution in [-0.2, 0) is 4.79 Å². The first kappa shape index (κ1) is 21.6. The van der Waals surface area contributed by atoms with Gasteiger partial charge in [0.25, 0.3) is 11.8 Å². The molecular formula is C24H18ClN3O3. The fourth-order valence-corrected chi connectivity index (χ4v) is 2.96. The van der Waals surface area contributed by atoms with Gasteiger partial charge < -0.3 is 15.4 Å². The number of methoxy groups -OCH3 is 1. The van der Waals surface area contributed by atoms with Gasteiger partial charge in [-0.05, 0) is 60.2 Å². The standard InChI is InChI=1S/C24H18ClN3O3/c1-31-20-11-9-18(10-12-20)27-23(29)17(15-26)13-16-5-4-6-19(14-16)28-24(30)21-7-2-3-8-22(21)25/h2-14H,1H3,(H,27,29)(H,28,30)/b17-13+. The Morgan fingerprint density at radius 3 is 2.39 bits per heavy atom. The number of rotatable bonds is 6. The highest BCUT2D eigenvalue weighted by Gasteiger charge is 2.12. The molecule has 6 nitrogen and oxygen atoms in total. The Hall–Kier alpha value is -4.08. The van der Waals surface area contributed by atoms with Crippen LogP contribution in [-0.4, -0.2) is 18.9 Å². The number of nitrogens with zero attached hydrogens (tertiary/aromatic N) is 1. The van der Waals surface area contributed by atoms with Crippen molar-refractivity contribution in [3.05, 3.63) is 94.5 Å². The Labute approximate surface area is 184 Å². The molecule has 0 aliphatic heterocycles. The van der Waals surface area contributed by atoms with Gasteiger partial charge in [0.1, 0.15) is 17.4 Å². The number of carbonyl (C=O) groups excluding carboxylic acids is 2. The Kier molecular flexibility index (Phi) is 7.05. The van der Waals surface area contributed by atoms with Crippen molar-refractivity contribution in [2.45, 2.75) is 0 Å². The van der Waals surface area contributed by atoms with E-state index >= 15 is 0 Å². The Bertz CT molecular complexity index is 1180. The first-order valence-electron chi connectivity index (χ1n) is 9.23. The maximum atomic E-state index is 12.5. The van der Waals surface area contributed by atoms with Gasteiger partial charge >= 0.3 is 0 Å². The second-order valence-electron chi connectivity index (χ2n) is 6.41. The molecule has 3 aromatic carbocycles. The van der Waals surface area contributed by atoms with Gasteiger partial charge in [0.05, 0.1) is 17.7 Å². The third-order valence-electron chi connectivity index (χ3n) is 4.29. The molecule has 3 aromatic rings. The van der Waals surface area contributed by atoms with E-state index in [0.29, 0.717) is 33.3 Å². The third kappa shape index (κ3) is 5.72. The average Bonchev–Trinajstić information content (AvgIpc) is 2.78. The molecule has 0 saturated carbocycles. The molecule has 0 aromatic heterocycles. The molecule has 2 amide bonds. The molecule has 0 bridgehead atoms. The van der Waals surface area contributed by atoms with Crippen LogP contribution >= 0.6 is 11.6 Å². The zero-order valence-electron chi connectivity index (χ0n) is 16.6. The zero-order valence-corrected chi connectivity index (χ0v) is 17.3. The number of hydrogen-bond acceptors (Lipinski definition) is 4. The van der Waals surface area contributed by atoms with Crippen LogP contribution in [0.4, 0.5) is 11.4 Å². The molecule has 2 N–H and O–H groups in total. The first-order chi connectivity index (χ1) is 15.0. The van der Waals surface area contributed by atoms with Gasteiger partial charge in [-0.1, -0.05) is 35.9 Å². The minimum atomic E-state index is -0.543. The number of ether oxygens (including phenoxy) is 1. The van der Waals surface area contributed by atoms with Crippen molar-refractivity contribution < 1.29 is 14.3 Å². The Morgan fingerprint density at radius 2 is 1.71 bits per heavy atom. The maximum absolute atomic E-state index is 12.5. The predicted molar refractivity (Wildman–Crippen MR) is 121 cm³/mol. The van der Waals surface area contributed by atoms with Gasteiger partial charge in [-0.2, -0.15) is 5.26 Å². The highest BCUT2D eigenvalue weighted by Crippen LogP contribution is 2.20. The van der Waals surface area contributed by atoms with Crippen LogP contribution in [0.25, 0.3) is 6.08 Å². The van der Waals surface area contributed by atoms with E-state index < -0.39 is 5.91 Å². The number of carbonyl (C=O) groups is 2. The number of amides is 2. The number of nitrogens with one attached hydrogen (secondary N) is 2. The molecule has 0 radical (unpaired) electrons. The number of benzene rings is 3. The number of nitriles is 1. The van der Waals surface area contributed by atoms with Gasteiger partial charge in [0.2, 0.25) is 0 Å². The maximum Gasteiger partial charge on any atom is 0.266 e. The molecule has 0 atom stereocenters. The second kappa shape index (κ2) is 10.1. The summed E-state index contributed by atoms with van der Waals surface area (Å²) in [5.41, 5.74) is 1.89. The summed E-state index contributed by atoms with van der Waals surface area (Å²) < 4.78 is 5.08. The quantitative estimate of drug-likeness (QED) is 0.417. The van der Waals surface area contributed by atoms with E-state index in [0.717, 1.165) is 0 Å². The van der Waals surface area contributed by atoms with Crippen molar-refractivity contribution in [2.24, 2.45) is 0 Å². The normalized spacial score (nSPS) is 10.7. The summed E-state index contributed by atoms with van der Waals surface area (Å²) in [4.78, 5) is 24.9. The second-order valence-corrected chi connectivity index (χ2v) is 6.82. The molecular weight excluding hydrogens is 414 g/mol. The zero-order chi connectivity index (χ0) is 22.2. The molecule has 0 fully saturated rings. The van der Waals surface area contributed by atoms with Crippen molar-refractivity contribution in [2.75, 3.05) is 17.7 Å². The number of anilines is 2. The van der Waals surface area contributed by atoms with Gasteiger partial charge in [-0.15, -0.1) is 0 Å². The summed E-state index contributed by atoms with van der Waals surface area (Å²) in [5, 5.41) is 15.2. The molecule has 0 unspecified atom stereocenters. The minimum absolute atomic E-state index is 0.0783. The summed E-state index contributed by atoms with van der Waals surface area (Å²) in [6, 6.07) is 22.2. The summed E-state index contributed by atoms with van der Waals surface area (Å²) >= 11 is 6.06. The molecule has 7 heteroatoms. The molecule has 154 valence electrons.